The summed E-state index contributed by atoms with van der Waals surface area (Å²) < 4.78 is 64.2. The molecule has 1 N–H and O–H groups in total. The van der Waals surface area contributed by atoms with Crippen LogP contribution >= 0.6 is 0 Å². The van der Waals surface area contributed by atoms with Gasteiger partial charge in [-0.05, 0) is 54.9 Å². The zero-order chi connectivity index (χ0) is 17.6. The van der Waals surface area contributed by atoms with E-state index in [1.807, 2.05) is 0 Å². The average Bonchev–Trinajstić information content (AvgIpc) is 2.75. The fourth-order valence-corrected chi connectivity index (χ4v) is 3.48. The molecule has 1 atom stereocenters. The van der Waals surface area contributed by atoms with Crippen LogP contribution in [0.2, 0.25) is 0 Å². The lowest BCUT2D eigenvalue weighted by atomic mass is 9.94. The maximum atomic E-state index is 12.5. The Bertz CT molecular complexity index is 753. The summed E-state index contributed by atoms with van der Waals surface area (Å²) in [5, 5.41) is 8.91. The van der Waals surface area contributed by atoms with E-state index >= 15 is 0 Å². The number of carboxylic acids is 1. The third-order valence-corrected chi connectivity index (χ3v) is 4.91. The Kier molecular flexibility index (Phi) is 4.36. The lowest BCUT2D eigenvalue weighted by molar-refractivity contribution is -0.137. The minimum Gasteiger partial charge on any atom is -0.481 e. The molecule has 0 amide bonds. The molecule has 23 heavy (non-hydrogen) atoms. The van der Waals surface area contributed by atoms with Crippen LogP contribution in [0.5, 0.6) is 5.75 Å². The molecule has 0 saturated carbocycles. The van der Waals surface area contributed by atoms with E-state index in [1.165, 1.54) is 19.9 Å². The van der Waals surface area contributed by atoms with Gasteiger partial charge in [-0.25, -0.2) is 0 Å². The molecule has 0 fully saturated rings. The van der Waals surface area contributed by atoms with Crippen LogP contribution < -0.4 is 4.18 Å². The van der Waals surface area contributed by atoms with Gasteiger partial charge in [-0.2, -0.15) is 21.6 Å². The van der Waals surface area contributed by atoms with Crippen LogP contribution in [0.15, 0.2) is 6.07 Å². The second-order valence-electron chi connectivity index (χ2n) is 5.53. The first kappa shape index (κ1) is 17.6. The van der Waals surface area contributed by atoms with Crippen molar-refractivity contribution in [2.75, 3.05) is 0 Å². The highest BCUT2D eigenvalue weighted by atomic mass is 32.2. The normalized spacial score (nSPS) is 17.9. The Labute approximate surface area is 131 Å². The molecule has 0 unspecified atom stereocenters. The van der Waals surface area contributed by atoms with Crippen molar-refractivity contribution >= 4 is 16.1 Å². The van der Waals surface area contributed by atoms with Crippen LogP contribution in [-0.2, 0) is 21.3 Å². The Morgan fingerprint density at radius 1 is 1.39 bits per heavy atom. The van der Waals surface area contributed by atoms with Gasteiger partial charge in [-0.3, -0.25) is 4.79 Å². The molecule has 1 aromatic carbocycles. The minimum absolute atomic E-state index is 0.0765. The number of hydrogen-bond acceptors (Lipinski definition) is 4. The summed E-state index contributed by atoms with van der Waals surface area (Å²) in [6.45, 7) is 2.92. The number of aryl methyl sites for hydroxylation is 1. The monoisotopic (exact) mass is 352 g/mol. The number of fused-ring (bicyclic) bond motifs is 1. The number of halogens is 3. The molecule has 1 aliphatic carbocycles. The summed E-state index contributed by atoms with van der Waals surface area (Å²) in [6.07, 6.45) is 0.951. The highest BCUT2D eigenvalue weighted by Gasteiger charge is 2.49. The maximum Gasteiger partial charge on any atom is 0.534 e. The first-order valence-corrected chi connectivity index (χ1v) is 8.20. The van der Waals surface area contributed by atoms with Crippen LogP contribution in [0.1, 0.15) is 41.0 Å². The van der Waals surface area contributed by atoms with Gasteiger partial charge in [0.2, 0.25) is 0 Å². The third kappa shape index (κ3) is 3.29. The molecule has 128 valence electrons. The van der Waals surface area contributed by atoms with Gasteiger partial charge in [0.15, 0.2) is 0 Å². The van der Waals surface area contributed by atoms with Crippen LogP contribution in [0, 0.1) is 13.8 Å². The predicted molar refractivity (Wildman–Crippen MR) is 74.8 cm³/mol. The van der Waals surface area contributed by atoms with Crippen molar-refractivity contribution in [1.29, 1.82) is 0 Å². The average molecular weight is 352 g/mol. The summed E-state index contributed by atoms with van der Waals surface area (Å²) in [6, 6.07) is 1.52. The summed E-state index contributed by atoms with van der Waals surface area (Å²) in [7, 11) is -5.74. The second-order valence-corrected chi connectivity index (χ2v) is 7.07. The van der Waals surface area contributed by atoms with Crippen molar-refractivity contribution in [2.24, 2.45) is 0 Å². The fourth-order valence-electron chi connectivity index (χ4n) is 2.91. The van der Waals surface area contributed by atoms with Gasteiger partial charge in [0.1, 0.15) is 5.75 Å². The Hall–Kier alpha value is -1.77. The summed E-state index contributed by atoms with van der Waals surface area (Å²) in [5.74, 6) is -1.52. The zero-order valence-corrected chi connectivity index (χ0v) is 13.2. The molecule has 0 spiro atoms. The molecular weight excluding hydrogens is 337 g/mol. The highest BCUT2D eigenvalue weighted by Crippen LogP contribution is 2.42. The SMILES string of the molecule is Cc1cc2c(c(C)c1OS(=O)(=O)C(F)(F)F)CC[C@@H]2CC(=O)O. The summed E-state index contributed by atoms with van der Waals surface area (Å²) in [5.41, 5.74) is -3.57. The van der Waals surface area contributed by atoms with E-state index in [2.05, 4.69) is 4.18 Å². The molecule has 0 radical (unpaired) electrons. The number of carboxylic acid groups (broad SMARTS) is 1. The number of carbonyl (C=O) groups is 1. The summed E-state index contributed by atoms with van der Waals surface area (Å²) in [4.78, 5) is 10.9. The lowest BCUT2D eigenvalue weighted by Crippen LogP contribution is -2.28. The lowest BCUT2D eigenvalue weighted by Gasteiger charge is -2.17. The van der Waals surface area contributed by atoms with Crippen molar-refractivity contribution in [2.45, 2.75) is 44.5 Å². The maximum absolute atomic E-state index is 12.5. The molecule has 0 heterocycles. The first-order valence-electron chi connectivity index (χ1n) is 6.79. The zero-order valence-electron chi connectivity index (χ0n) is 12.4. The Morgan fingerprint density at radius 3 is 2.52 bits per heavy atom. The fraction of sp³-hybridized carbons (Fsp3) is 0.500. The topological polar surface area (TPSA) is 80.7 Å². The van der Waals surface area contributed by atoms with E-state index in [1.54, 1.807) is 0 Å². The molecule has 0 bridgehead atoms. The van der Waals surface area contributed by atoms with E-state index in [9.17, 15) is 26.4 Å². The molecule has 0 aliphatic heterocycles. The summed E-state index contributed by atoms with van der Waals surface area (Å²) >= 11 is 0. The molecule has 9 heteroatoms. The number of alkyl halides is 3. The quantitative estimate of drug-likeness (QED) is 0.665. The van der Waals surface area contributed by atoms with Crippen LogP contribution in [0.4, 0.5) is 13.2 Å². The van der Waals surface area contributed by atoms with Crippen molar-refractivity contribution in [3.05, 3.63) is 28.3 Å². The van der Waals surface area contributed by atoms with Crippen molar-refractivity contribution in [3.8, 4) is 5.75 Å². The smallest absolute Gasteiger partial charge is 0.481 e. The van der Waals surface area contributed by atoms with E-state index in [0.717, 1.165) is 5.56 Å². The Balaban J connectivity index is 2.45. The molecular formula is C14H15F3O5S. The highest BCUT2D eigenvalue weighted by molar-refractivity contribution is 7.88. The molecule has 1 aromatic rings. The first-order chi connectivity index (χ1) is 10.4. The van der Waals surface area contributed by atoms with Gasteiger partial charge in [-0.15, -0.1) is 0 Å². The molecule has 0 aromatic heterocycles. The largest absolute Gasteiger partial charge is 0.534 e. The van der Waals surface area contributed by atoms with E-state index in [-0.39, 0.29) is 23.7 Å². The van der Waals surface area contributed by atoms with Gasteiger partial charge in [0.25, 0.3) is 0 Å². The predicted octanol–water partition coefficient (Wildman–Crippen LogP) is 3.04. The van der Waals surface area contributed by atoms with E-state index in [0.29, 0.717) is 24.0 Å². The number of aliphatic carboxylic acids is 1. The van der Waals surface area contributed by atoms with E-state index in [4.69, 9.17) is 5.11 Å². The minimum atomic E-state index is -5.74. The van der Waals surface area contributed by atoms with Crippen LogP contribution in [0.3, 0.4) is 0 Å². The number of rotatable bonds is 4. The van der Waals surface area contributed by atoms with Gasteiger partial charge in [-0.1, -0.05) is 6.07 Å². The van der Waals surface area contributed by atoms with Gasteiger partial charge in [0, 0.05) is 0 Å². The van der Waals surface area contributed by atoms with Crippen molar-refractivity contribution in [1.82, 2.24) is 0 Å². The molecule has 0 saturated heterocycles. The van der Waals surface area contributed by atoms with Crippen LogP contribution in [0.25, 0.3) is 0 Å². The van der Waals surface area contributed by atoms with Gasteiger partial charge >= 0.3 is 21.6 Å². The number of hydrogen-bond donors (Lipinski definition) is 1. The molecule has 5 nitrogen and oxygen atoms in total. The van der Waals surface area contributed by atoms with Crippen molar-refractivity contribution in [3.63, 3.8) is 0 Å². The van der Waals surface area contributed by atoms with Gasteiger partial charge < -0.3 is 9.29 Å². The van der Waals surface area contributed by atoms with Crippen LogP contribution in [-0.4, -0.2) is 25.0 Å². The second kappa shape index (κ2) is 5.70. The standard InChI is InChI=1S/C14H15F3O5S/c1-7-5-11-9(6-12(18)19)3-4-10(11)8(2)13(7)22-23(20,21)14(15,16)17/h5,9H,3-4,6H2,1-2H3,(H,18,19)/t9-/m1/s1. The Morgan fingerprint density at radius 2 is 2.00 bits per heavy atom. The van der Waals surface area contributed by atoms with Crippen molar-refractivity contribution < 1.29 is 35.7 Å². The molecule has 2 rings (SSSR count). The van der Waals surface area contributed by atoms with Gasteiger partial charge in [0.05, 0.1) is 6.42 Å². The third-order valence-electron chi connectivity index (χ3n) is 3.95. The number of benzene rings is 1. The molecule has 1 aliphatic rings. The van der Waals surface area contributed by atoms with E-state index < -0.39 is 21.6 Å².